The summed E-state index contributed by atoms with van der Waals surface area (Å²) in [6, 6.07) is 12.0. The molecular weight excluding hydrogens is 405 g/mol. The van der Waals surface area contributed by atoms with Crippen molar-refractivity contribution < 1.29 is 18.0 Å². The molecule has 5 nitrogen and oxygen atoms in total. The maximum absolute atomic E-state index is 13.8. The summed E-state index contributed by atoms with van der Waals surface area (Å²) in [5, 5.41) is 9.84. The van der Waals surface area contributed by atoms with E-state index >= 15 is 0 Å². The van der Waals surface area contributed by atoms with Crippen LogP contribution in [0, 0.1) is 20.8 Å². The van der Waals surface area contributed by atoms with Crippen molar-refractivity contribution in [2.24, 2.45) is 0 Å². The maximum Gasteiger partial charge on any atom is 0.410 e. The van der Waals surface area contributed by atoms with Gasteiger partial charge in [-0.1, -0.05) is 35.9 Å². The summed E-state index contributed by atoms with van der Waals surface area (Å²) >= 11 is 0. The Hall–Kier alpha value is -3.29. The number of nitrogens with one attached hydrogen (secondary N) is 2. The quantitative estimate of drug-likeness (QED) is 0.561. The number of hydrogen-bond donors (Lipinski definition) is 2. The second-order valence-electron chi connectivity index (χ2n) is 8.09. The largest absolute Gasteiger partial charge is 0.410 e. The maximum atomic E-state index is 13.8. The molecule has 0 aliphatic carbocycles. The molecule has 2 aromatic carbocycles. The normalized spacial score (nSPS) is 18.3. The van der Waals surface area contributed by atoms with Crippen molar-refractivity contribution in [3.8, 4) is 0 Å². The molecule has 2 N–H and O–H groups in total. The molecular formula is C23H23F3N4O. The van der Waals surface area contributed by atoms with Crippen LogP contribution >= 0.6 is 0 Å². The predicted octanol–water partition coefficient (Wildman–Crippen LogP) is 5.72. The Labute approximate surface area is 178 Å². The Bertz CT molecular complexity index is 1100. The van der Waals surface area contributed by atoms with Crippen LogP contribution in [-0.2, 0) is 0 Å². The van der Waals surface area contributed by atoms with Crippen molar-refractivity contribution in [3.63, 3.8) is 0 Å². The molecule has 0 fully saturated rings. The predicted molar refractivity (Wildman–Crippen MR) is 113 cm³/mol. The van der Waals surface area contributed by atoms with Crippen molar-refractivity contribution >= 4 is 17.4 Å². The van der Waals surface area contributed by atoms with Crippen LogP contribution in [-0.4, -0.2) is 21.9 Å². The highest BCUT2D eigenvalue weighted by molar-refractivity contribution is 6.03. The van der Waals surface area contributed by atoms with Crippen molar-refractivity contribution in [1.82, 2.24) is 9.78 Å². The van der Waals surface area contributed by atoms with E-state index in [9.17, 15) is 18.0 Å². The fourth-order valence-electron chi connectivity index (χ4n) is 3.94. The Balaban J connectivity index is 1.64. The van der Waals surface area contributed by atoms with Gasteiger partial charge in [0.25, 0.3) is 5.91 Å². The number of hydrogen-bond acceptors (Lipinski definition) is 3. The Morgan fingerprint density at radius 1 is 1.03 bits per heavy atom. The van der Waals surface area contributed by atoms with Crippen LogP contribution in [0.2, 0.25) is 0 Å². The van der Waals surface area contributed by atoms with Gasteiger partial charge in [-0.15, -0.1) is 0 Å². The molecule has 1 aliphatic rings. The van der Waals surface area contributed by atoms with E-state index in [4.69, 9.17) is 0 Å². The van der Waals surface area contributed by atoms with Gasteiger partial charge in [-0.25, -0.2) is 4.68 Å². The third-order valence-corrected chi connectivity index (χ3v) is 5.38. The number of carbonyl (C=O) groups excluding carboxylic acids is 1. The fraction of sp³-hybridized carbons (Fsp3) is 0.304. The number of aromatic nitrogens is 2. The Morgan fingerprint density at radius 3 is 2.29 bits per heavy atom. The van der Waals surface area contributed by atoms with Gasteiger partial charge in [0.05, 0.1) is 6.04 Å². The van der Waals surface area contributed by atoms with Crippen LogP contribution in [0.25, 0.3) is 0 Å². The summed E-state index contributed by atoms with van der Waals surface area (Å²) in [7, 11) is 0. The second-order valence-corrected chi connectivity index (χ2v) is 8.09. The van der Waals surface area contributed by atoms with Crippen LogP contribution < -0.4 is 10.6 Å². The zero-order valence-electron chi connectivity index (χ0n) is 17.4. The number of amides is 1. The first-order valence-corrected chi connectivity index (χ1v) is 9.99. The SMILES string of the molecule is Cc1ccc([C@H]2C[C@@H](C(F)(F)F)n3nc(C(=O)Nc4cc(C)cc(C)c4)cc3N2)cc1. The summed E-state index contributed by atoms with van der Waals surface area (Å²) in [4.78, 5) is 12.7. The van der Waals surface area contributed by atoms with Crippen molar-refractivity contribution in [1.29, 1.82) is 0 Å². The van der Waals surface area contributed by atoms with Gasteiger partial charge in [0.15, 0.2) is 11.7 Å². The van der Waals surface area contributed by atoms with E-state index in [2.05, 4.69) is 15.7 Å². The molecule has 2 atom stereocenters. The number of benzene rings is 2. The fourth-order valence-corrected chi connectivity index (χ4v) is 3.94. The average molecular weight is 428 g/mol. The molecule has 2 heterocycles. The van der Waals surface area contributed by atoms with E-state index in [1.54, 1.807) is 12.1 Å². The second kappa shape index (κ2) is 7.76. The van der Waals surface area contributed by atoms with Crippen molar-refractivity contribution in [3.05, 3.63) is 76.5 Å². The van der Waals surface area contributed by atoms with Gasteiger partial charge in [-0.05, 0) is 49.6 Å². The lowest BCUT2D eigenvalue weighted by Crippen LogP contribution is -2.35. The van der Waals surface area contributed by atoms with E-state index in [-0.39, 0.29) is 17.9 Å². The molecule has 3 aromatic rings. The molecule has 0 radical (unpaired) electrons. The van der Waals surface area contributed by atoms with E-state index in [0.717, 1.165) is 26.9 Å². The van der Waals surface area contributed by atoms with Crippen LogP contribution in [0.15, 0.2) is 48.5 Å². The number of fused-ring (bicyclic) bond motifs is 1. The zero-order chi connectivity index (χ0) is 22.3. The summed E-state index contributed by atoms with van der Waals surface area (Å²) in [6.07, 6.45) is -4.70. The number of alkyl halides is 3. The van der Waals surface area contributed by atoms with Gasteiger partial charge in [0, 0.05) is 18.2 Å². The topological polar surface area (TPSA) is 59.0 Å². The average Bonchev–Trinajstić information content (AvgIpc) is 3.10. The molecule has 0 bridgehead atoms. The molecule has 31 heavy (non-hydrogen) atoms. The van der Waals surface area contributed by atoms with Gasteiger partial charge < -0.3 is 10.6 Å². The van der Waals surface area contributed by atoms with Gasteiger partial charge in [-0.3, -0.25) is 4.79 Å². The number of nitrogens with zero attached hydrogens (tertiary/aromatic N) is 2. The first-order chi connectivity index (χ1) is 14.6. The van der Waals surface area contributed by atoms with Crippen LogP contribution in [0.4, 0.5) is 24.7 Å². The summed E-state index contributed by atoms with van der Waals surface area (Å²) < 4.78 is 42.4. The number of rotatable bonds is 3. The smallest absolute Gasteiger partial charge is 0.363 e. The molecule has 0 saturated carbocycles. The highest BCUT2D eigenvalue weighted by Crippen LogP contribution is 2.43. The van der Waals surface area contributed by atoms with E-state index in [1.165, 1.54) is 6.07 Å². The van der Waals surface area contributed by atoms with E-state index in [1.807, 2.05) is 51.1 Å². The highest BCUT2D eigenvalue weighted by Gasteiger charge is 2.46. The molecule has 0 unspecified atom stereocenters. The minimum absolute atomic E-state index is 0.0690. The monoisotopic (exact) mass is 428 g/mol. The first-order valence-electron chi connectivity index (χ1n) is 9.99. The standard InChI is InChI=1S/C23H23F3N4O/c1-13-4-6-16(7-5-13)18-11-20(23(24,25)26)30-21(28-18)12-19(29-30)22(31)27-17-9-14(2)8-15(3)10-17/h4-10,12,18,20,28H,11H2,1-3H3,(H,27,31)/t18-,20+/m1/s1. The number of anilines is 2. The van der Waals surface area contributed by atoms with Gasteiger partial charge in [-0.2, -0.15) is 18.3 Å². The molecule has 1 aromatic heterocycles. The van der Waals surface area contributed by atoms with Gasteiger partial charge in [0.2, 0.25) is 0 Å². The number of halogens is 3. The van der Waals surface area contributed by atoms with Crippen molar-refractivity contribution in [2.75, 3.05) is 10.6 Å². The van der Waals surface area contributed by atoms with Crippen LogP contribution in [0.3, 0.4) is 0 Å². The van der Waals surface area contributed by atoms with Crippen LogP contribution in [0.1, 0.15) is 51.2 Å². The lowest BCUT2D eigenvalue weighted by Gasteiger charge is -2.33. The molecule has 4 rings (SSSR count). The van der Waals surface area contributed by atoms with Gasteiger partial charge >= 0.3 is 6.18 Å². The Morgan fingerprint density at radius 2 is 1.68 bits per heavy atom. The summed E-state index contributed by atoms with van der Waals surface area (Å²) in [6.45, 7) is 5.73. The van der Waals surface area contributed by atoms with Crippen LogP contribution in [0.5, 0.6) is 0 Å². The first kappa shape index (κ1) is 21.0. The minimum Gasteiger partial charge on any atom is -0.363 e. The Kier molecular flexibility index (Phi) is 5.24. The summed E-state index contributed by atoms with van der Waals surface area (Å²) in [5.74, 6) is -0.383. The number of aryl methyl sites for hydroxylation is 3. The minimum atomic E-state index is -4.49. The third kappa shape index (κ3) is 4.42. The van der Waals surface area contributed by atoms with Crippen molar-refractivity contribution in [2.45, 2.75) is 45.5 Å². The zero-order valence-corrected chi connectivity index (χ0v) is 17.4. The molecule has 1 aliphatic heterocycles. The molecule has 1 amide bonds. The molecule has 0 saturated heterocycles. The summed E-state index contributed by atoms with van der Waals surface area (Å²) in [5.41, 5.74) is 4.24. The highest BCUT2D eigenvalue weighted by atomic mass is 19.4. The van der Waals surface area contributed by atoms with E-state index in [0.29, 0.717) is 5.69 Å². The third-order valence-electron chi connectivity index (χ3n) is 5.38. The lowest BCUT2D eigenvalue weighted by atomic mass is 9.96. The lowest BCUT2D eigenvalue weighted by molar-refractivity contribution is -0.173. The molecule has 162 valence electrons. The number of carbonyl (C=O) groups is 1. The molecule has 8 heteroatoms. The molecule has 0 spiro atoms. The van der Waals surface area contributed by atoms with E-state index < -0.39 is 24.2 Å². The van der Waals surface area contributed by atoms with Gasteiger partial charge in [0.1, 0.15) is 5.82 Å².